The number of nitrogens with zero attached hydrogens (tertiary/aromatic N) is 2. The second-order valence-corrected chi connectivity index (χ2v) is 3.40. The molecule has 2 aromatic rings. The van der Waals surface area contributed by atoms with Crippen LogP contribution in [0, 0.1) is 6.92 Å². The van der Waals surface area contributed by atoms with Crippen LogP contribution in [0.2, 0.25) is 0 Å². The van der Waals surface area contributed by atoms with Crippen molar-refractivity contribution in [3.63, 3.8) is 0 Å². The van der Waals surface area contributed by atoms with E-state index in [1.165, 1.54) is 5.56 Å². The van der Waals surface area contributed by atoms with Crippen molar-refractivity contribution in [1.29, 1.82) is 0 Å². The lowest BCUT2D eigenvalue weighted by molar-refractivity contribution is 0.259. The van der Waals surface area contributed by atoms with Gasteiger partial charge in [0.2, 0.25) is 5.89 Å². The molecular weight excluding hydrogens is 206 g/mol. The molecule has 16 heavy (non-hydrogen) atoms. The van der Waals surface area contributed by atoms with Crippen LogP contribution in [-0.4, -0.2) is 10.2 Å². The van der Waals surface area contributed by atoms with Crippen molar-refractivity contribution in [2.45, 2.75) is 20.1 Å². The SMILES string of the molecule is Cc1ccc(OCc2nnc(CN)o2)cc1. The number of aromatic nitrogens is 2. The molecular formula is C11H13N3O2. The lowest BCUT2D eigenvalue weighted by Crippen LogP contribution is -1.96. The van der Waals surface area contributed by atoms with Crippen LogP contribution in [0.3, 0.4) is 0 Å². The molecule has 0 amide bonds. The standard InChI is InChI=1S/C11H13N3O2/c1-8-2-4-9(5-3-8)15-7-11-14-13-10(6-12)16-11/h2-5H,6-7,12H2,1H3. The Morgan fingerprint density at radius 2 is 1.88 bits per heavy atom. The van der Waals surface area contributed by atoms with Crippen LogP contribution >= 0.6 is 0 Å². The third-order valence-corrected chi connectivity index (χ3v) is 2.07. The minimum Gasteiger partial charge on any atom is -0.484 e. The van der Waals surface area contributed by atoms with Crippen LogP contribution in [0.25, 0.3) is 0 Å². The minimum absolute atomic E-state index is 0.248. The molecule has 2 N–H and O–H groups in total. The topological polar surface area (TPSA) is 74.2 Å². The van der Waals surface area contributed by atoms with E-state index in [1.54, 1.807) is 0 Å². The van der Waals surface area contributed by atoms with Gasteiger partial charge in [0, 0.05) is 0 Å². The highest BCUT2D eigenvalue weighted by Gasteiger charge is 2.04. The summed E-state index contributed by atoms with van der Waals surface area (Å²) in [6.07, 6.45) is 0. The Bertz CT molecular complexity index is 451. The highest BCUT2D eigenvalue weighted by Crippen LogP contribution is 2.13. The van der Waals surface area contributed by atoms with E-state index in [0.717, 1.165) is 5.75 Å². The van der Waals surface area contributed by atoms with E-state index in [0.29, 0.717) is 11.8 Å². The van der Waals surface area contributed by atoms with Crippen molar-refractivity contribution >= 4 is 0 Å². The fraction of sp³-hybridized carbons (Fsp3) is 0.273. The van der Waals surface area contributed by atoms with Crippen molar-refractivity contribution in [2.24, 2.45) is 5.73 Å². The maximum absolute atomic E-state index is 5.47. The zero-order valence-electron chi connectivity index (χ0n) is 9.01. The minimum atomic E-state index is 0.248. The van der Waals surface area contributed by atoms with Gasteiger partial charge in [-0.25, -0.2) is 0 Å². The Labute approximate surface area is 93.2 Å². The zero-order chi connectivity index (χ0) is 11.4. The van der Waals surface area contributed by atoms with Crippen LogP contribution in [0.4, 0.5) is 0 Å². The third-order valence-electron chi connectivity index (χ3n) is 2.07. The first-order chi connectivity index (χ1) is 7.78. The van der Waals surface area contributed by atoms with Crippen molar-refractivity contribution < 1.29 is 9.15 Å². The lowest BCUT2D eigenvalue weighted by Gasteiger charge is -2.02. The normalized spacial score (nSPS) is 10.4. The Morgan fingerprint density at radius 1 is 1.19 bits per heavy atom. The lowest BCUT2D eigenvalue weighted by atomic mass is 10.2. The monoisotopic (exact) mass is 219 g/mol. The highest BCUT2D eigenvalue weighted by atomic mass is 16.5. The first-order valence-electron chi connectivity index (χ1n) is 4.98. The van der Waals surface area contributed by atoms with E-state index in [4.69, 9.17) is 14.9 Å². The first-order valence-corrected chi connectivity index (χ1v) is 4.98. The molecule has 0 fully saturated rings. The summed E-state index contributed by atoms with van der Waals surface area (Å²) in [6.45, 7) is 2.53. The number of rotatable bonds is 4. The van der Waals surface area contributed by atoms with Gasteiger partial charge in [-0.1, -0.05) is 17.7 Å². The molecule has 0 saturated carbocycles. The molecule has 1 aromatic heterocycles. The second-order valence-electron chi connectivity index (χ2n) is 3.40. The van der Waals surface area contributed by atoms with Crippen molar-refractivity contribution in [3.8, 4) is 5.75 Å². The quantitative estimate of drug-likeness (QED) is 0.841. The number of nitrogens with two attached hydrogens (primary N) is 1. The summed E-state index contributed by atoms with van der Waals surface area (Å²) >= 11 is 0. The van der Waals surface area contributed by atoms with E-state index in [2.05, 4.69) is 10.2 Å². The van der Waals surface area contributed by atoms with Gasteiger partial charge in [-0.2, -0.15) is 0 Å². The van der Waals surface area contributed by atoms with Crippen LogP contribution in [-0.2, 0) is 13.2 Å². The molecule has 1 heterocycles. The molecule has 0 aliphatic carbocycles. The molecule has 0 radical (unpaired) electrons. The molecule has 0 saturated heterocycles. The maximum Gasteiger partial charge on any atom is 0.253 e. The summed E-state index contributed by atoms with van der Waals surface area (Å²) in [7, 11) is 0. The summed E-state index contributed by atoms with van der Waals surface area (Å²) in [4.78, 5) is 0. The van der Waals surface area contributed by atoms with E-state index in [-0.39, 0.29) is 13.2 Å². The highest BCUT2D eigenvalue weighted by molar-refractivity contribution is 5.26. The number of ether oxygens (including phenoxy) is 1. The van der Waals surface area contributed by atoms with Gasteiger partial charge >= 0.3 is 0 Å². The van der Waals surface area contributed by atoms with Crippen molar-refractivity contribution in [3.05, 3.63) is 41.6 Å². The molecule has 0 aliphatic heterocycles. The Morgan fingerprint density at radius 3 is 2.50 bits per heavy atom. The number of aryl methyl sites for hydroxylation is 1. The Hall–Kier alpha value is -1.88. The average molecular weight is 219 g/mol. The van der Waals surface area contributed by atoms with Crippen LogP contribution in [0.5, 0.6) is 5.75 Å². The summed E-state index contributed by atoms with van der Waals surface area (Å²) in [5.74, 6) is 1.63. The fourth-order valence-corrected chi connectivity index (χ4v) is 1.21. The summed E-state index contributed by atoms with van der Waals surface area (Å²) in [5.41, 5.74) is 6.54. The van der Waals surface area contributed by atoms with E-state index < -0.39 is 0 Å². The summed E-state index contributed by atoms with van der Waals surface area (Å²) < 4.78 is 10.7. The molecule has 0 spiro atoms. The fourth-order valence-electron chi connectivity index (χ4n) is 1.21. The second kappa shape index (κ2) is 4.76. The van der Waals surface area contributed by atoms with Gasteiger partial charge in [0.05, 0.1) is 6.54 Å². The maximum atomic E-state index is 5.47. The zero-order valence-corrected chi connectivity index (χ0v) is 9.01. The first kappa shape index (κ1) is 10.6. The van der Waals surface area contributed by atoms with Crippen molar-refractivity contribution in [2.75, 3.05) is 0 Å². The van der Waals surface area contributed by atoms with Crippen LogP contribution < -0.4 is 10.5 Å². The number of benzene rings is 1. The van der Waals surface area contributed by atoms with Gasteiger partial charge in [0.25, 0.3) is 5.89 Å². The van der Waals surface area contributed by atoms with Gasteiger partial charge in [-0.3, -0.25) is 0 Å². The molecule has 0 unspecified atom stereocenters. The molecule has 5 nitrogen and oxygen atoms in total. The Balaban J connectivity index is 1.94. The molecule has 84 valence electrons. The average Bonchev–Trinajstić information content (AvgIpc) is 2.76. The van der Waals surface area contributed by atoms with E-state index in [9.17, 15) is 0 Å². The molecule has 0 atom stereocenters. The summed E-state index contributed by atoms with van der Waals surface area (Å²) in [6, 6.07) is 7.76. The van der Waals surface area contributed by atoms with Crippen LogP contribution in [0.1, 0.15) is 17.3 Å². The third kappa shape index (κ3) is 2.58. The van der Waals surface area contributed by atoms with Crippen LogP contribution in [0.15, 0.2) is 28.7 Å². The Kier molecular flexibility index (Phi) is 3.16. The molecule has 0 aliphatic rings. The smallest absolute Gasteiger partial charge is 0.253 e. The van der Waals surface area contributed by atoms with E-state index >= 15 is 0 Å². The summed E-state index contributed by atoms with van der Waals surface area (Å²) in [5, 5.41) is 7.54. The van der Waals surface area contributed by atoms with Gasteiger partial charge in [0.1, 0.15) is 5.75 Å². The molecule has 5 heteroatoms. The number of hydrogen-bond donors (Lipinski definition) is 1. The largest absolute Gasteiger partial charge is 0.484 e. The predicted molar refractivity (Wildman–Crippen MR) is 57.7 cm³/mol. The van der Waals surface area contributed by atoms with Gasteiger partial charge in [-0.15, -0.1) is 10.2 Å². The molecule has 0 bridgehead atoms. The van der Waals surface area contributed by atoms with Gasteiger partial charge in [0.15, 0.2) is 6.61 Å². The van der Waals surface area contributed by atoms with E-state index in [1.807, 2.05) is 31.2 Å². The number of hydrogen-bond acceptors (Lipinski definition) is 5. The van der Waals surface area contributed by atoms with Gasteiger partial charge in [-0.05, 0) is 19.1 Å². The molecule has 1 aromatic carbocycles. The van der Waals surface area contributed by atoms with Crippen molar-refractivity contribution in [1.82, 2.24) is 10.2 Å². The van der Waals surface area contributed by atoms with Gasteiger partial charge < -0.3 is 14.9 Å². The molecule has 2 rings (SSSR count). The predicted octanol–water partition coefficient (Wildman–Crippen LogP) is 1.42.